The standard InChI is InChI=1S/C12H14N4O2/c1-2-14-11(17)10-15-12(18-16-10)9(13)8-6-4-3-5-7-8/h3-7,9H,2,13H2,1H3,(H,14,17)/t9-/m0/s1. The van der Waals surface area contributed by atoms with E-state index in [4.69, 9.17) is 10.3 Å². The zero-order valence-electron chi connectivity index (χ0n) is 9.96. The van der Waals surface area contributed by atoms with Gasteiger partial charge in [0.25, 0.3) is 11.7 Å². The Morgan fingerprint density at radius 2 is 2.17 bits per heavy atom. The van der Waals surface area contributed by atoms with E-state index in [0.29, 0.717) is 6.54 Å². The molecule has 1 aromatic heterocycles. The first-order valence-corrected chi connectivity index (χ1v) is 5.64. The van der Waals surface area contributed by atoms with Crippen molar-refractivity contribution in [2.75, 3.05) is 6.54 Å². The maximum absolute atomic E-state index is 11.5. The summed E-state index contributed by atoms with van der Waals surface area (Å²) in [5, 5.41) is 6.19. The van der Waals surface area contributed by atoms with E-state index in [9.17, 15) is 4.79 Å². The largest absolute Gasteiger partial charge is 0.349 e. The van der Waals surface area contributed by atoms with Crippen molar-refractivity contribution < 1.29 is 9.32 Å². The van der Waals surface area contributed by atoms with Crippen molar-refractivity contribution >= 4 is 5.91 Å². The number of carbonyl (C=O) groups is 1. The third-order valence-corrected chi connectivity index (χ3v) is 2.41. The fraction of sp³-hybridized carbons (Fsp3) is 0.250. The van der Waals surface area contributed by atoms with Crippen molar-refractivity contribution in [3.8, 4) is 0 Å². The molecule has 0 saturated carbocycles. The maximum Gasteiger partial charge on any atom is 0.292 e. The lowest BCUT2D eigenvalue weighted by Gasteiger charge is -2.05. The van der Waals surface area contributed by atoms with Gasteiger partial charge in [0.15, 0.2) is 0 Å². The van der Waals surface area contributed by atoms with E-state index in [-0.39, 0.29) is 17.6 Å². The van der Waals surface area contributed by atoms with Crippen LogP contribution in [0.15, 0.2) is 34.9 Å². The Morgan fingerprint density at radius 1 is 1.44 bits per heavy atom. The van der Waals surface area contributed by atoms with Crippen LogP contribution in [0.2, 0.25) is 0 Å². The highest BCUT2D eigenvalue weighted by molar-refractivity contribution is 5.90. The Bertz CT molecular complexity index is 524. The van der Waals surface area contributed by atoms with Crippen molar-refractivity contribution in [1.29, 1.82) is 0 Å². The van der Waals surface area contributed by atoms with E-state index < -0.39 is 6.04 Å². The quantitative estimate of drug-likeness (QED) is 0.834. The zero-order valence-corrected chi connectivity index (χ0v) is 9.96. The van der Waals surface area contributed by atoms with Crippen LogP contribution < -0.4 is 11.1 Å². The minimum Gasteiger partial charge on any atom is -0.349 e. The molecule has 6 nitrogen and oxygen atoms in total. The molecule has 0 aliphatic heterocycles. The molecule has 0 bridgehead atoms. The molecule has 1 aromatic carbocycles. The van der Waals surface area contributed by atoms with Gasteiger partial charge >= 0.3 is 0 Å². The van der Waals surface area contributed by atoms with Crippen LogP contribution in [0.1, 0.15) is 35.0 Å². The first-order chi connectivity index (χ1) is 8.72. The first kappa shape index (κ1) is 12.3. The van der Waals surface area contributed by atoms with E-state index in [2.05, 4.69) is 15.5 Å². The van der Waals surface area contributed by atoms with Crippen LogP contribution in [-0.4, -0.2) is 22.6 Å². The number of hydrogen-bond donors (Lipinski definition) is 2. The van der Waals surface area contributed by atoms with E-state index in [0.717, 1.165) is 5.56 Å². The van der Waals surface area contributed by atoms with Gasteiger partial charge in [-0.15, -0.1) is 0 Å². The Hall–Kier alpha value is -2.21. The molecule has 0 fully saturated rings. The van der Waals surface area contributed by atoms with E-state index in [1.54, 1.807) is 0 Å². The molecule has 0 radical (unpaired) electrons. The van der Waals surface area contributed by atoms with Gasteiger partial charge in [0.2, 0.25) is 5.89 Å². The van der Waals surface area contributed by atoms with Crippen molar-refractivity contribution in [1.82, 2.24) is 15.5 Å². The van der Waals surface area contributed by atoms with Gasteiger partial charge in [-0.05, 0) is 12.5 Å². The van der Waals surface area contributed by atoms with Crippen molar-refractivity contribution in [3.63, 3.8) is 0 Å². The molecule has 0 aliphatic rings. The highest BCUT2D eigenvalue weighted by Gasteiger charge is 2.19. The number of nitrogens with zero attached hydrogens (tertiary/aromatic N) is 2. The average Bonchev–Trinajstić information content (AvgIpc) is 2.89. The van der Waals surface area contributed by atoms with Gasteiger partial charge in [0, 0.05) is 6.54 Å². The summed E-state index contributed by atoms with van der Waals surface area (Å²) in [4.78, 5) is 15.5. The van der Waals surface area contributed by atoms with Gasteiger partial charge in [-0.3, -0.25) is 4.79 Å². The second-order valence-electron chi connectivity index (χ2n) is 3.70. The summed E-state index contributed by atoms with van der Waals surface area (Å²) < 4.78 is 5.00. The molecule has 0 saturated heterocycles. The molecule has 1 amide bonds. The predicted octanol–water partition coefficient (Wildman–Crippen LogP) is 0.867. The lowest BCUT2D eigenvalue weighted by molar-refractivity contribution is 0.0942. The number of amides is 1. The monoisotopic (exact) mass is 246 g/mol. The number of aromatic nitrogens is 2. The van der Waals surface area contributed by atoms with Gasteiger partial charge in [0.1, 0.15) is 6.04 Å². The number of hydrogen-bond acceptors (Lipinski definition) is 5. The predicted molar refractivity (Wildman–Crippen MR) is 64.8 cm³/mol. The number of nitrogens with one attached hydrogen (secondary N) is 1. The average molecular weight is 246 g/mol. The SMILES string of the molecule is CCNC(=O)c1noc([C@@H](N)c2ccccc2)n1. The molecule has 1 atom stereocenters. The minimum atomic E-state index is -0.526. The molecule has 0 aliphatic carbocycles. The fourth-order valence-corrected chi connectivity index (χ4v) is 1.50. The third-order valence-electron chi connectivity index (χ3n) is 2.41. The topological polar surface area (TPSA) is 94.0 Å². The summed E-state index contributed by atoms with van der Waals surface area (Å²) in [6, 6.07) is 8.83. The van der Waals surface area contributed by atoms with Crippen LogP contribution in [-0.2, 0) is 0 Å². The number of carbonyl (C=O) groups excluding carboxylic acids is 1. The summed E-state index contributed by atoms with van der Waals surface area (Å²) in [5.41, 5.74) is 6.83. The smallest absolute Gasteiger partial charge is 0.292 e. The second-order valence-corrected chi connectivity index (χ2v) is 3.70. The van der Waals surface area contributed by atoms with Crippen molar-refractivity contribution in [2.24, 2.45) is 5.73 Å². The lowest BCUT2D eigenvalue weighted by atomic mass is 10.1. The maximum atomic E-state index is 11.5. The molecule has 94 valence electrons. The van der Waals surface area contributed by atoms with Crippen LogP contribution in [0.5, 0.6) is 0 Å². The molecule has 6 heteroatoms. The van der Waals surface area contributed by atoms with Crippen molar-refractivity contribution in [2.45, 2.75) is 13.0 Å². The molecule has 0 unspecified atom stereocenters. The Labute approximate surface area is 104 Å². The zero-order chi connectivity index (χ0) is 13.0. The Kier molecular flexibility index (Phi) is 3.69. The van der Waals surface area contributed by atoms with Crippen molar-refractivity contribution in [3.05, 3.63) is 47.6 Å². The summed E-state index contributed by atoms with van der Waals surface area (Å²) >= 11 is 0. The first-order valence-electron chi connectivity index (χ1n) is 5.64. The van der Waals surface area contributed by atoms with Crippen LogP contribution >= 0.6 is 0 Å². The minimum absolute atomic E-state index is 0.00164. The van der Waals surface area contributed by atoms with Gasteiger partial charge < -0.3 is 15.6 Å². The van der Waals surface area contributed by atoms with Crippen LogP contribution in [0.25, 0.3) is 0 Å². The molecule has 18 heavy (non-hydrogen) atoms. The van der Waals surface area contributed by atoms with E-state index in [1.807, 2.05) is 37.3 Å². The molecule has 2 rings (SSSR count). The summed E-state index contributed by atoms with van der Waals surface area (Å²) in [7, 11) is 0. The van der Waals surface area contributed by atoms with E-state index >= 15 is 0 Å². The van der Waals surface area contributed by atoms with Gasteiger partial charge in [-0.25, -0.2) is 0 Å². The Morgan fingerprint density at radius 3 is 2.83 bits per heavy atom. The molecule has 1 heterocycles. The fourth-order valence-electron chi connectivity index (χ4n) is 1.50. The molecular formula is C12H14N4O2. The summed E-state index contributed by atoms with van der Waals surface area (Å²) in [5.74, 6) is -0.145. The second kappa shape index (κ2) is 5.42. The number of rotatable bonds is 4. The molecule has 2 aromatic rings. The van der Waals surface area contributed by atoms with Crippen LogP contribution in [0.4, 0.5) is 0 Å². The normalized spacial score (nSPS) is 12.1. The van der Waals surface area contributed by atoms with Crippen LogP contribution in [0.3, 0.4) is 0 Å². The Balaban J connectivity index is 2.17. The van der Waals surface area contributed by atoms with Gasteiger partial charge in [0.05, 0.1) is 0 Å². The number of nitrogens with two attached hydrogens (primary N) is 1. The van der Waals surface area contributed by atoms with Gasteiger partial charge in [-0.1, -0.05) is 35.5 Å². The molecule has 3 N–H and O–H groups in total. The van der Waals surface area contributed by atoms with E-state index in [1.165, 1.54) is 0 Å². The van der Waals surface area contributed by atoms with Gasteiger partial charge in [-0.2, -0.15) is 4.98 Å². The lowest BCUT2D eigenvalue weighted by Crippen LogP contribution is -2.24. The summed E-state index contributed by atoms with van der Waals surface area (Å²) in [6.07, 6.45) is 0. The third kappa shape index (κ3) is 2.54. The van der Waals surface area contributed by atoms with Crippen LogP contribution in [0, 0.1) is 0 Å². The number of benzene rings is 1. The highest BCUT2D eigenvalue weighted by atomic mass is 16.5. The highest BCUT2D eigenvalue weighted by Crippen LogP contribution is 2.17. The molecule has 0 spiro atoms. The molecular weight excluding hydrogens is 232 g/mol. The summed E-state index contributed by atoms with van der Waals surface area (Å²) in [6.45, 7) is 2.32.